The minimum atomic E-state index is -3.51. The monoisotopic (exact) mass is 399 g/mol. The maximum atomic E-state index is 13.3. The summed E-state index contributed by atoms with van der Waals surface area (Å²) in [4.78, 5) is 4.96. The van der Waals surface area contributed by atoms with Crippen LogP contribution in [0.15, 0.2) is 47.5 Å². The number of hydrogen-bond donors (Lipinski definition) is 1. The van der Waals surface area contributed by atoms with E-state index in [1.165, 1.54) is 25.7 Å². The highest BCUT2D eigenvalue weighted by molar-refractivity contribution is 7.89. The summed E-state index contributed by atoms with van der Waals surface area (Å²) in [6, 6.07) is 11.6. The van der Waals surface area contributed by atoms with Crippen LogP contribution in [0.4, 0.5) is 5.82 Å². The molecule has 1 saturated heterocycles. The fourth-order valence-electron chi connectivity index (χ4n) is 4.34. The molecular formula is C22H29N3O2S. The van der Waals surface area contributed by atoms with Crippen molar-refractivity contribution < 1.29 is 8.42 Å². The second-order valence-corrected chi connectivity index (χ2v) is 9.93. The molecule has 2 aliphatic rings. The summed E-state index contributed by atoms with van der Waals surface area (Å²) >= 11 is 0. The Bertz CT molecular complexity index is 888. The minimum Gasteiger partial charge on any atom is -0.367 e. The lowest BCUT2D eigenvalue weighted by atomic mass is 9.99. The van der Waals surface area contributed by atoms with Crippen molar-refractivity contribution >= 4 is 15.8 Å². The highest BCUT2D eigenvalue weighted by Crippen LogP contribution is 2.35. The zero-order valence-electron chi connectivity index (χ0n) is 16.5. The van der Waals surface area contributed by atoms with Crippen molar-refractivity contribution in [1.82, 2.24) is 9.29 Å². The first kappa shape index (κ1) is 19.4. The molecule has 0 amide bonds. The van der Waals surface area contributed by atoms with Crippen molar-refractivity contribution in [3.8, 4) is 0 Å². The number of pyridine rings is 1. The van der Waals surface area contributed by atoms with Crippen molar-refractivity contribution in [1.29, 1.82) is 0 Å². The first-order valence-electron chi connectivity index (χ1n) is 10.3. The Kier molecular flexibility index (Phi) is 5.69. The summed E-state index contributed by atoms with van der Waals surface area (Å²) in [5.74, 6) is 0.888. The van der Waals surface area contributed by atoms with E-state index in [-0.39, 0.29) is 6.04 Å². The third kappa shape index (κ3) is 4.08. The third-order valence-corrected chi connectivity index (χ3v) is 7.88. The Balaban J connectivity index is 1.55. The molecular weight excluding hydrogens is 370 g/mol. The first-order valence-corrected chi connectivity index (χ1v) is 11.8. The molecule has 0 spiro atoms. The molecule has 2 fully saturated rings. The number of hydrogen-bond acceptors (Lipinski definition) is 4. The number of benzene rings is 1. The molecule has 6 heteroatoms. The first-order chi connectivity index (χ1) is 13.5. The molecule has 1 atom stereocenters. The van der Waals surface area contributed by atoms with Gasteiger partial charge in [-0.3, -0.25) is 0 Å². The SMILES string of the molecule is Cc1ccc(S(=O)(=O)N2CCCC[C@H]2c2ccc(NC3CCCC3)nc2)cc1. The second kappa shape index (κ2) is 8.21. The maximum Gasteiger partial charge on any atom is 0.243 e. The Morgan fingerprint density at radius 2 is 1.68 bits per heavy atom. The Labute approximate surface area is 168 Å². The number of sulfonamides is 1. The predicted octanol–water partition coefficient (Wildman–Crippen LogP) is 4.66. The van der Waals surface area contributed by atoms with E-state index in [1.807, 2.05) is 37.4 Å². The average Bonchev–Trinajstić information content (AvgIpc) is 3.22. The maximum absolute atomic E-state index is 13.3. The van der Waals surface area contributed by atoms with E-state index >= 15 is 0 Å². The zero-order valence-corrected chi connectivity index (χ0v) is 17.3. The topological polar surface area (TPSA) is 62.3 Å². The fraction of sp³-hybridized carbons (Fsp3) is 0.500. The Hall–Kier alpha value is -1.92. The van der Waals surface area contributed by atoms with Crippen LogP contribution in [0.25, 0.3) is 0 Å². The lowest BCUT2D eigenvalue weighted by Gasteiger charge is -2.35. The fourth-order valence-corrected chi connectivity index (χ4v) is 6.02. The predicted molar refractivity (Wildman–Crippen MR) is 112 cm³/mol. The Morgan fingerprint density at radius 3 is 2.36 bits per heavy atom. The largest absolute Gasteiger partial charge is 0.367 e. The van der Waals surface area contributed by atoms with Crippen LogP contribution in [-0.4, -0.2) is 30.3 Å². The molecule has 1 saturated carbocycles. The molecule has 1 aliphatic carbocycles. The average molecular weight is 400 g/mol. The molecule has 150 valence electrons. The van der Waals surface area contributed by atoms with Crippen LogP contribution >= 0.6 is 0 Å². The number of rotatable bonds is 5. The summed E-state index contributed by atoms with van der Waals surface area (Å²) in [6.45, 7) is 2.52. The molecule has 1 aliphatic heterocycles. The van der Waals surface area contributed by atoms with Crippen LogP contribution in [0.1, 0.15) is 62.1 Å². The molecule has 28 heavy (non-hydrogen) atoms. The van der Waals surface area contributed by atoms with Gasteiger partial charge in [-0.2, -0.15) is 4.31 Å². The van der Waals surface area contributed by atoms with Crippen LogP contribution < -0.4 is 5.32 Å². The molecule has 1 aromatic carbocycles. The van der Waals surface area contributed by atoms with Gasteiger partial charge in [0, 0.05) is 18.8 Å². The van der Waals surface area contributed by atoms with Crippen LogP contribution in [0, 0.1) is 6.92 Å². The van der Waals surface area contributed by atoms with E-state index in [0.29, 0.717) is 17.5 Å². The summed E-state index contributed by atoms with van der Waals surface area (Å²) in [7, 11) is -3.51. The van der Waals surface area contributed by atoms with Gasteiger partial charge in [-0.15, -0.1) is 0 Å². The van der Waals surface area contributed by atoms with Crippen LogP contribution in [0.5, 0.6) is 0 Å². The van der Waals surface area contributed by atoms with Crippen LogP contribution in [0.3, 0.4) is 0 Å². The van der Waals surface area contributed by atoms with E-state index < -0.39 is 10.0 Å². The number of aromatic nitrogens is 1. The summed E-state index contributed by atoms with van der Waals surface area (Å²) in [5, 5.41) is 3.50. The van der Waals surface area contributed by atoms with E-state index in [1.54, 1.807) is 16.4 Å². The van der Waals surface area contributed by atoms with Gasteiger partial charge in [-0.05, 0) is 56.4 Å². The molecule has 1 N–H and O–H groups in total. The lowest BCUT2D eigenvalue weighted by molar-refractivity contribution is 0.255. The number of aryl methyl sites for hydroxylation is 1. The molecule has 0 radical (unpaired) electrons. The molecule has 4 rings (SSSR count). The van der Waals surface area contributed by atoms with Gasteiger partial charge < -0.3 is 5.32 Å². The van der Waals surface area contributed by atoms with Crippen molar-refractivity contribution in [3.63, 3.8) is 0 Å². The Morgan fingerprint density at radius 1 is 0.964 bits per heavy atom. The number of nitrogens with zero attached hydrogens (tertiary/aromatic N) is 2. The van der Waals surface area contributed by atoms with Gasteiger partial charge in [-0.1, -0.05) is 43.0 Å². The van der Waals surface area contributed by atoms with Gasteiger partial charge >= 0.3 is 0 Å². The number of piperidine rings is 1. The smallest absolute Gasteiger partial charge is 0.243 e. The molecule has 0 bridgehead atoms. The van der Waals surface area contributed by atoms with Crippen molar-refractivity contribution in [2.75, 3.05) is 11.9 Å². The van der Waals surface area contributed by atoms with Crippen LogP contribution in [0.2, 0.25) is 0 Å². The van der Waals surface area contributed by atoms with E-state index in [0.717, 1.165) is 36.2 Å². The van der Waals surface area contributed by atoms with Gasteiger partial charge in [0.25, 0.3) is 0 Å². The number of nitrogens with one attached hydrogen (secondary N) is 1. The second-order valence-electron chi connectivity index (χ2n) is 8.04. The number of anilines is 1. The molecule has 0 unspecified atom stereocenters. The zero-order chi connectivity index (χ0) is 19.6. The van der Waals surface area contributed by atoms with Gasteiger partial charge in [-0.25, -0.2) is 13.4 Å². The third-order valence-electron chi connectivity index (χ3n) is 5.96. The van der Waals surface area contributed by atoms with E-state index in [9.17, 15) is 8.42 Å². The minimum absolute atomic E-state index is 0.145. The summed E-state index contributed by atoms with van der Waals surface area (Å²) in [5.41, 5.74) is 2.04. The van der Waals surface area contributed by atoms with Crippen molar-refractivity contribution in [3.05, 3.63) is 53.7 Å². The normalized spacial score (nSPS) is 21.7. The van der Waals surface area contributed by atoms with Crippen molar-refractivity contribution in [2.45, 2.75) is 68.8 Å². The summed E-state index contributed by atoms with van der Waals surface area (Å²) < 4.78 is 28.2. The van der Waals surface area contributed by atoms with Gasteiger partial charge in [0.1, 0.15) is 5.82 Å². The van der Waals surface area contributed by atoms with E-state index in [4.69, 9.17) is 0 Å². The summed E-state index contributed by atoms with van der Waals surface area (Å²) in [6.07, 6.45) is 9.59. The highest BCUT2D eigenvalue weighted by atomic mass is 32.2. The van der Waals surface area contributed by atoms with Gasteiger partial charge in [0.05, 0.1) is 10.9 Å². The van der Waals surface area contributed by atoms with Crippen LogP contribution in [-0.2, 0) is 10.0 Å². The molecule has 2 aromatic rings. The highest BCUT2D eigenvalue weighted by Gasteiger charge is 2.34. The lowest BCUT2D eigenvalue weighted by Crippen LogP contribution is -2.38. The van der Waals surface area contributed by atoms with Gasteiger partial charge in [0.2, 0.25) is 10.0 Å². The molecule has 5 nitrogen and oxygen atoms in total. The molecule has 1 aromatic heterocycles. The quantitative estimate of drug-likeness (QED) is 0.794. The van der Waals surface area contributed by atoms with Crippen molar-refractivity contribution in [2.24, 2.45) is 0 Å². The van der Waals surface area contributed by atoms with E-state index in [2.05, 4.69) is 10.3 Å². The standard InChI is InChI=1S/C22H29N3O2S/c1-17-9-12-20(13-10-17)28(26,27)25-15-5-4-8-21(25)18-11-14-22(23-16-18)24-19-6-2-3-7-19/h9-14,16,19,21H,2-8,15H2,1H3,(H,23,24)/t21-/m0/s1. The van der Waals surface area contributed by atoms with Gasteiger partial charge in [0.15, 0.2) is 0 Å². The molecule has 2 heterocycles.